The van der Waals surface area contributed by atoms with E-state index in [2.05, 4.69) is 12.6 Å². The van der Waals surface area contributed by atoms with E-state index in [1.54, 1.807) is 42.5 Å². The number of hydrogen-bond acceptors (Lipinski definition) is 4. The highest BCUT2D eigenvalue weighted by Gasteiger charge is 2.15. The topological polar surface area (TPSA) is 43.4 Å². The summed E-state index contributed by atoms with van der Waals surface area (Å²) in [5.41, 5.74) is 0. The van der Waals surface area contributed by atoms with Crippen molar-refractivity contribution in [2.75, 3.05) is 0 Å². The minimum Gasteiger partial charge on any atom is -0.379 e. The Bertz CT molecular complexity index is 589. The molecule has 0 heterocycles. The van der Waals surface area contributed by atoms with E-state index >= 15 is 0 Å². The van der Waals surface area contributed by atoms with Gasteiger partial charge in [-0.15, -0.1) is 12.6 Å². The van der Waals surface area contributed by atoms with Crippen LogP contribution in [0.2, 0.25) is 0 Å². The third kappa shape index (κ3) is 3.01. The fourth-order valence-electron chi connectivity index (χ4n) is 1.26. The van der Waals surface area contributed by atoms with Gasteiger partial charge >= 0.3 is 10.1 Å². The van der Waals surface area contributed by atoms with Gasteiger partial charge in [0.25, 0.3) is 0 Å². The monoisotopic (exact) mass is 266 g/mol. The molecule has 0 amide bonds. The number of para-hydroxylation sites is 1. The summed E-state index contributed by atoms with van der Waals surface area (Å²) in [5.74, 6) is 0.294. The van der Waals surface area contributed by atoms with Crippen molar-refractivity contribution in [3.05, 3.63) is 54.6 Å². The molecule has 0 spiro atoms. The quantitative estimate of drug-likeness (QED) is 0.686. The lowest BCUT2D eigenvalue weighted by Gasteiger charge is -2.06. The molecule has 0 aliphatic heterocycles. The van der Waals surface area contributed by atoms with Gasteiger partial charge in [0.1, 0.15) is 10.6 Å². The molecule has 17 heavy (non-hydrogen) atoms. The highest BCUT2D eigenvalue weighted by Crippen LogP contribution is 2.19. The third-order valence-electron chi connectivity index (χ3n) is 2.07. The van der Waals surface area contributed by atoms with Crippen LogP contribution in [0.15, 0.2) is 64.4 Å². The number of hydrogen-bond donors (Lipinski definition) is 1. The zero-order valence-corrected chi connectivity index (χ0v) is 10.5. The first-order valence-electron chi connectivity index (χ1n) is 4.86. The molecule has 0 aliphatic carbocycles. The van der Waals surface area contributed by atoms with E-state index in [0.29, 0.717) is 10.6 Å². The van der Waals surface area contributed by atoms with Gasteiger partial charge in [-0.2, -0.15) is 8.42 Å². The van der Waals surface area contributed by atoms with Crippen molar-refractivity contribution in [3.63, 3.8) is 0 Å². The summed E-state index contributed by atoms with van der Waals surface area (Å²) >= 11 is 4.09. The Hall–Kier alpha value is -1.46. The van der Waals surface area contributed by atoms with Crippen LogP contribution < -0.4 is 4.18 Å². The summed E-state index contributed by atoms with van der Waals surface area (Å²) in [6, 6.07) is 14.5. The average Bonchev–Trinajstić information content (AvgIpc) is 2.30. The van der Waals surface area contributed by atoms with Crippen molar-refractivity contribution in [3.8, 4) is 5.75 Å². The van der Waals surface area contributed by atoms with E-state index in [1.807, 2.05) is 0 Å². The minimum atomic E-state index is -3.76. The number of rotatable bonds is 3. The Morgan fingerprint density at radius 3 is 2.06 bits per heavy atom. The zero-order valence-electron chi connectivity index (χ0n) is 8.78. The van der Waals surface area contributed by atoms with Crippen molar-refractivity contribution in [1.82, 2.24) is 0 Å². The second-order valence-electron chi connectivity index (χ2n) is 3.34. The van der Waals surface area contributed by atoms with E-state index in [0.717, 1.165) is 0 Å². The first kappa shape index (κ1) is 12.0. The fraction of sp³-hybridized carbons (Fsp3) is 0. The van der Waals surface area contributed by atoms with Crippen LogP contribution in [-0.4, -0.2) is 8.42 Å². The van der Waals surface area contributed by atoms with Gasteiger partial charge < -0.3 is 4.18 Å². The Morgan fingerprint density at radius 1 is 0.882 bits per heavy atom. The molecule has 88 valence electrons. The zero-order chi connectivity index (χ0) is 12.3. The van der Waals surface area contributed by atoms with Crippen LogP contribution in [0.3, 0.4) is 0 Å². The van der Waals surface area contributed by atoms with Gasteiger partial charge in [0.2, 0.25) is 0 Å². The lowest BCUT2D eigenvalue weighted by molar-refractivity contribution is 0.486. The van der Waals surface area contributed by atoms with Gasteiger partial charge in [0.05, 0.1) is 0 Å². The molecule has 0 N–H and O–H groups in total. The van der Waals surface area contributed by atoms with E-state index in [-0.39, 0.29) is 4.90 Å². The summed E-state index contributed by atoms with van der Waals surface area (Å²) < 4.78 is 28.7. The first-order chi connectivity index (χ1) is 8.08. The minimum absolute atomic E-state index is 0.110. The average molecular weight is 266 g/mol. The van der Waals surface area contributed by atoms with E-state index in [4.69, 9.17) is 4.18 Å². The smallest absolute Gasteiger partial charge is 0.339 e. The van der Waals surface area contributed by atoms with Crippen molar-refractivity contribution < 1.29 is 12.6 Å². The predicted octanol–water partition coefficient (Wildman–Crippen LogP) is 2.74. The largest absolute Gasteiger partial charge is 0.379 e. The van der Waals surface area contributed by atoms with Crippen LogP contribution in [0.4, 0.5) is 0 Å². The maximum absolute atomic E-state index is 11.9. The van der Waals surface area contributed by atoms with Gasteiger partial charge in [0, 0.05) is 4.90 Å². The SMILES string of the molecule is O=S(=O)(Oc1ccccc1)c1ccc(S)cc1. The van der Waals surface area contributed by atoms with Crippen molar-refractivity contribution in [2.24, 2.45) is 0 Å². The molecule has 0 saturated heterocycles. The fourth-order valence-corrected chi connectivity index (χ4v) is 2.34. The van der Waals surface area contributed by atoms with Crippen LogP contribution in [0.5, 0.6) is 5.75 Å². The molecule has 2 aromatic carbocycles. The van der Waals surface area contributed by atoms with Crippen LogP contribution in [0.25, 0.3) is 0 Å². The van der Waals surface area contributed by atoms with Crippen LogP contribution in [0, 0.1) is 0 Å². The summed E-state index contributed by atoms with van der Waals surface area (Å²) in [7, 11) is -3.76. The number of thiol groups is 1. The van der Waals surface area contributed by atoms with Crippen LogP contribution in [0.1, 0.15) is 0 Å². The lowest BCUT2D eigenvalue weighted by atomic mass is 10.3. The molecule has 2 rings (SSSR count). The molecule has 0 bridgehead atoms. The lowest BCUT2D eigenvalue weighted by Crippen LogP contribution is -2.09. The van der Waals surface area contributed by atoms with Crippen LogP contribution >= 0.6 is 12.6 Å². The molecule has 2 aromatic rings. The summed E-state index contributed by atoms with van der Waals surface area (Å²) in [5, 5.41) is 0. The standard InChI is InChI=1S/C12H10O3S2/c13-17(14,12-8-6-11(16)7-9-12)15-10-4-2-1-3-5-10/h1-9,16H. The summed E-state index contributed by atoms with van der Waals surface area (Å²) in [6.45, 7) is 0. The van der Waals surface area contributed by atoms with Gasteiger partial charge in [-0.1, -0.05) is 18.2 Å². The number of benzene rings is 2. The van der Waals surface area contributed by atoms with Crippen molar-refractivity contribution in [2.45, 2.75) is 9.79 Å². The Balaban J connectivity index is 2.29. The third-order valence-corrected chi connectivity index (χ3v) is 3.63. The maximum Gasteiger partial charge on any atom is 0.339 e. The normalized spacial score (nSPS) is 11.1. The summed E-state index contributed by atoms with van der Waals surface area (Å²) in [6.07, 6.45) is 0. The van der Waals surface area contributed by atoms with Crippen molar-refractivity contribution in [1.29, 1.82) is 0 Å². The molecule has 0 saturated carbocycles. The molecule has 0 fully saturated rings. The molecule has 0 aliphatic rings. The Labute approximate surface area is 106 Å². The Kier molecular flexibility index (Phi) is 3.40. The maximum atomic E-state index is 11.9. The second kappa shape index (κ2) is 4.81. The highest BCUT2D eigenvalue weighted by molar-refractivity contribution is 7.87. The summed E-state index contributed by atoms with van der Waals surface area (Å²) in [4.78, 5) is 0.808. The highest BCUT2D eigenvalue weighted by atomic mass is 32.2. The molecule has 0 unspecified atom stereocenters. The second-order valence-corrected chi connectivity index (χ2v) is 5.41. The van der Waals surface area contributed by atoms with Gasteiger partial charge in [-0.25, -0.2) is 0 Å². The van der Waals surface area contributed by atoms with E-state index in [1.165, 1.54) is 12.1 Å². The first-order valence-corrected chi connectivity index (χ1v) is 6.72. The van der Waals surface area contributed by atoms with Crippen LogP contribution in [-0.2, 0) is 10.1 Å². The van der Waals surface area contributed by atoms with Gasteiger partial charge in [-0.05, 0) is 36.4 Å². The van der Waals surface area contributed by atoms with Gasteiger partial charge in [0.15, 0.2) is 0 Å². The van der Waals surface area contributed by atoms with Crippen molar-refractivity contribution >= 4 is 22.7 Å². The molecular weight excluding hydrogens is 256 g/mol. The Morgan fingerprint density at radius 2 is 1.47 bits per heavy atom. The van der Waals surface area contributed by atoms with E-state index in [9.17, 15) is 8.42 Å². The van der Waals surface area contributed by atoms with E-state index < -0.39 is 10.1 Å². The predicted molar refractivity (Wildman–Crippen MR) is 67.9 cm³/mol. The molecule has 3 nitrogen and oxygen atoms in total. The molecule has 5 heteroatoms. The molecule has 0 radical (unpaired) electrons. The van der Waals surface area contributed by atoms with Gasteiger partial charge in [-0.3, -0.25) is 0 Å². The molecular formula is C12H10O3S2. The molecule has 0 aromatic heterocycles. The molecule has 0 atom stereocenters.